The van der Waals surface area contributed by atoms with E-state index in [1.54, 1.807) is 0 Å². The molecule has 158 valence electrons. The first kappa shape index (κ1) is 19.6. The average molecular weight is 414 g/mol. The highest BCUT2D eigenvalue weighted by molar-refractivity contribution is 5.88. The number of carbonyl (C=O) groups is 1. The van der Waals surface area contributed by atoms with Crippen LogP contribution in [0.1, 0.15) is 25.1 Å². The summed E-state index contributed by atoms with van der Waals surface area (Å²) in [6.07, 6.45) is 3.79. The van der Waals surface area contributed by atoms with Crippen molar-refractivity contribution in [2.24, 2.45) is 5.92 Å². The van der Waals surface area contributed by atoms with Crippen LogP contribution in [-0.4, -0.2) is 28.6 Å². The number of amides is 1. The van der Waals surface area contributed by atoms with Gasteiger partial charge in [-0.15, -0.1) is 0 Å². The molecular formula is C26H27N3O2. The molecule has 1 N–H and O–H groups in total. The maximum Gasteiger partial charge on any atom is 0.223 e. The molecule has 0 bridgehead atoms. The second-order valence-corrected chi connectivity index (χ2v) is 8.16. The molecule has 1 saturated carbocycles. The number of carbonyl (C=O) groups excluding carboxylic acids is 1. The predicted molar refractivity (Wildman–Crippen MR) is 123 cm³/mol. The Bertz CT molecular complexity index is 1200. The number of nitrogens with one attached hydrogen (secondary N) is 1. The van der Waals surface area contributed by atoms with Crippen molar-refractivity contribution in [3.05, 3.63) is 72.6 Å². The third kappa shape index (κ3) is 4.41. The molecule has 0 spiro atoms. The first-order valence-corrected chi connectivity index (χ1v) is 11.1. The van der Waals surface area contributed by atoms with Gasteiger partial charge in [-0.3, -0.25) is 4.79 Å². The SMILES string of the molecule is O=C(NCCCc1nc2ccccc2n1CCOc1cccc2ccccc12)C1CC1. The van der Waals surface area contributed by atoms with E-state index >= 15 is 0 Å². The minimum Gasteiger partial charge on any atom is -0.491 e. The summed E-state index contributed by atoms with van der Waals surface area (Å²) in [5.41, 5.74) is 2.13. The molecule has 0 radical (unpaired) electrons. The molecule has 0 atom stereocenters. The molecule has 3 aromatic carbocycles. The number of nitrogens with zero attached hydrogens (tertiary/aromatic N) is 2. The Morgan fingerprint density at radius 1 is 1.03 bits per heavy atom. The third-order valence-electron chi connectivity index (χ3n) is 5.88. The van der Waals surface area contributed by atoms with Crippen LogP contribution in [0.3, 0.4) is 0 Å². The second kappa shape index (κ2) is 8.80. The van der Waals surface area contributed by atoms with E-state index < -0.39 is 0 Å². The van der Waals surface area contributed by atoms with E-state index in [2.05, 4.69) is 40.2 Å². The van der Waals surface area contributed by atoms with E-state index in [1.807, 2.05) is 36.4 Å². The predicted octanol–water partition coefficient (Wildman–Crippen LogP) is 4.73. The first-order chi connectivity index (χ1) is 15.3. The topological polar surface area (TPSA) is 56.2 Å². The number of hydrogen-bond donors (Lipinski definition) is 1. The van der Waals surface area contributed by atoms with Crippen molar-refractivity contribution in [2.45, 2.75) is 32.2 Å². The molecule has 0 saturated heterocycles. The van der Waals surface area contributed by atoms with E-state index in [0.717, 1.165) is 60.2 Å². The van der Waals surface area contributed by atoms with Crippen molar-refractivity contribution in [3.8, 4) is 5.75 Å². The summed E-state index contributed by atoms with van der Waals surface area (Å²) in [6.45, 7) is 2.00. The normalized spacial score (nSPS) is 13.5. The van der Waals surface area contributed by atoms with Crippen LogP contribution in [0.5, 0.6) is 5.75 Å². The highest BCUT2D eigenvalue weighted by atomic mass is 16.5. The largest absolute Gasteiger partial charge is 0.491 e. The average Bonchev–Trinajstić information content (AvgIpc) is 3.60. The zero-order chi connectivity index (χ0) is 21.0. The van der Waals surface area contributed by atoms with Gasteiger partial charge in [0.1, 0.15) is 18.2 Å². The van der Waals surface area contributed by atoms with Gasteiger partial charge in [-0.1, -0.05) is 48.5 Å². The molecule has 4 aromatic rings. The van der Waals surface area contributed by atoms with Crippen molar-refractivity contribution in [1.29, 1.82) is 0 Å². The molecule has 1 aliphatic carbocycles. The maximum absolute atomic E-state index is 11.8. The van der Waals surface area contributed by atoms with Crippen LogP contribution in [0, 0.1) is 5.92 Å². The van der Waals surface area contributed by atoms with Gasteiger partial charge < -0.3 is 14.6 Å². The summed E-state index contributed by atoms with van der Waals surface area (Å²) in [6, 6.07) is 22.7. The van der Waals surface area contributed by atoms with Gasteiger partial charge in [-0.25, -0.2) is 4.98 Å². The number of imidazole rings is 1. The van der Waals surface area contributed by atoms with E-state index in [9.17, 15) is 4.79 Å². The fourth-order valence-electron chi connectivity index (χ4n) is 4.08. The number of aromatic nitrogens is 2. The highest BCUT2D eigenvalue weighted by Gasteiger charge is 2.29. The molecule has 5 nitrogen and oxygen atoms in total. The van der Waals surface area contributed by atoms with E-state index in [-0.39, 0.29) is 11.8 Å². The van der Waals surface area contributed by atoms with Gasteiger partial charge in [0.05, 0.1) is 17.6 Å². The molecule has 5 heteroatoms. The number of benzene rings is 3. The number of ether oxygens (including phenoxy) is 1. The Balaban J connectivity index is 1.26. The van der Waals surface area contributed by atoms with Gasteiger partial charge >= 0.3 is 0 Å². The molecule has 1 fully saturated rings. The molecule has 0 unspecified atom stereocenters. The minimum absolute atomic E-state index is 0.206. The first-order valence-electron chi connectivity index (χ1n) is 11.1. The number of hydrogen-bond acceptors (Lipinski definition) is 3. The molecule has 31 heavy (non-hydrogen) atoms. The van der Waals surface area contributed by atoms with E-state index in [0.29, 0.717) is 13.2 Å². The Morgan fingerprint density at radius 2 is 1.84 bits per heavy atom. The van der Waals surface area contributed by atoms with Gasteiger partial charge in [0.15, 0.2) is 0 Å². The molecule has 0 aliphatic heterocycles. The lowest BCUT2D eigenvalue weighted by Gasteiger charge is -2.12. The van der Waals surface area contributed by atoms with Gasteiger partial charge in [-0.05, 0) is 42.8 Å². The molecule has 1 amide bonds. The zero-order valence-electron chi connectivity index (χ0n) is 17.6. The fourth-order valence-corrected chi connectivity index (χ4v) is 4.08. The van der Waals surface area contributed by atoms with Crippen LogP contribution in [0.25, 0.3) is 21.8 Å². The summed E-state index contributed by atoms with van der Waals surface area (Å²) in [5, 5.41) is 5.36. The number of rotatable bonds is 9. The summed E-state index contributed by atoms with van der Waals surface area (Å²) < 4.78 is 8.43. The van der Waals surface area contributed by atoms with Crippen LogP contribution in [0.4, 0.5) is 0 Å². The van der Waals surface area contributed by atoms with Crippen molar-refractivity contribution >= 4 is 27.7 Å². The van der Waals surface area contributed by atoms with Crippen LogP contribution >= 0.6 is 0 Å². The highest BCUT2D eigenvalue weighted by Crippen LogP contribution is 2.28. The van der Waals surface area contributed by atoms with Gasteiger partial charge in [0.25, 0.3) is 0 Å². The number of fused-ring (bicyclic) bond motifs is 2. The standard InChI is InChI=1S/C26H27N3O2/c30-26(20-14-15-20)27-16-6-13-25-28-22-10-3-4-11-23(22)29(25)17-18-31-24-12-5-8-19-7-1-2-9-21(19)24/h1-5,7-12,20H,6,13-18H2,(H,27,30). The molecule has 1 aliphatic rings. The number of para-hydroxylation sites is 2. The summed E-state index contributed by atoms with van der Waals surface area (Å²) in [5.74, 6) is 2.42. The Labute approximate surface area is 182 Å². The third-order valence-corrected chi connectivity index (χ3v) is 5.88. The molecule has 1 heterocycles. The Hall–Kier alpha value is -3.34. The van der Waals surface area contributed by atoms with Crippen LogP contribution in [-0.2, 0) is 17.8 Å². The maximum atomic E-state index is 11.8. The van der Waals surface area contributed by atoms with E-state index in [4.69, 9.17) is 9.72 Å². The monoisotopic (exact) mass is 413 g/mol. The van der Waals surface area contributed by atoms with Crippen molar-refractivity contribution in [3.63, 3.8) is 0 Å². The van der Waals surface area contributed by atoms with Crippen LogP contribution < -0.4 is 10.1 Å². The van der Waals surface area contributed by atoms with Crippen molar-refractivity contribution < 1.29 is 9.53 Å². The smallest absolute Gasteiger partial charge is 0.223 e. The van der Waals surface area contributed by atoms with Gasteiger partial charge in [0, 0.05) is 24.3 Å². The summed E-state index contributed by atoms with van der Waals surface area (Å²) in [7, 11) is 0. The molecular weight excluding hydrogens is 386 g/mol. The summed E-state index contributed by atoms with van der Waals surface area (Å²) in [4.78, 5) is 16.7. The van der Waals surface area contributed by atoms with Gasteiger partial charge in [0.2, 0.25) is 5.91 Å². The Kier molecular flexibility index (Phi) is 5.57. The minimum atomic E-state index is 0.206. The fraction of sp³-hybridized carbons (Fsp3) is 0.308. The van der Waals surface area contributed by atoms with E-state index in [1.165, 1.54) is 5.39 Å². The lowest BCUT2D eigenvalue weighted by molar-refractivity contribution is -0.122. The summed E-state index contributed by atoms with van der Waals surface area (Å²) >= 11 is 0. The van der Waals surface area contributed by atoms with Crippen LogP contribution in [0.2, 0.25) is 0 Å². The lowest BCUT2D eigenvalue weighted by Crippen LogP contribution is -2.26. The lowest BCUT2D eigenvalue weighted by atomic mass is 10.1. The van der Waals surface area contributed by atoms with Gasteiger partial charge in [-0.2, -0.15) is 0 Å². The zero-order valence-corrected chi connectivity index (χ0v) is 17.6. The number of aryl methyl sites for hydroxylation is 1. The molecule has 1 aromatic heterocycles. The van der Waals surface area contributed by atoms with Crippen molar-refractivity contribution in [2.75, 3.05) is 13.2 Å². The Morgan fingerprint density at radius 3 is 2.74 bits per heavy atom. The molecule has 5 rings (SSSR count). The van der Waals surface area contributed by atoms with Crippen LogP contribution in [0.15, 0.2) is 66.7 Å². The quantitative estimate of drug-likeness (QED) is 0.404. The van der Waals surface area contributed by atoms with Crippen molar-refractivity contribution in [1.82, 2.24) is 14.9 Å². The second-order valence-electron chi connectivity index (χ2n) is 8.16.